The van der Waals surface area contributed by atoms with Crippen molar-refractivity contribution in [2.45, 2.75) is 96.1 Å². The van der Waals surface area contributed by atoms with Crippen molar-refractivity contribution < 1.29 is 14.4 Å². The highest BCUT2D eigenvalue weighted by molar-refractivity contribution is 5.88. The molecule has 0 aromatic heterocycles. The molecule has 0 aromatic rings. The predicted molar refractivity (Wildman–Crippen MR) is 111 cm³/mol. The van der Waals surface area contributed by atoms with Gasteiger partial charge in [0.2, 0.25) is 11.8 Å². The second kappa shape index (κ2) is 12.2. The molecule has 6 nitrogen and oxygen atoms in total. The van der Waals surface area contributed by atoms with Crippen LogP contribution in [0.5, 0.6) is 0 Å². The summed E-state index contributed by atoms with van der Waals surface area (Å²) in [5, 5.41) is 6.20. The highest BCUT2D eigenvalue weighted by Crippen LogP contribution is 2.19. The van der Waals surface area contributed by atoms with E-state index in [1.165, 1.54) is 12.8 Å². The van der Waals surface area contributed by atoms with E-state index in [-0.39, 0.29) is 23.8 Å². The molecule has 6 heteroatoms. The van der Waals surface area contributed by atoms with Crippen LogP contribution >= 0.6 is 0 Å². The van der Waals surface area contributed by atoms with Gasteiger partial charge >= 0.3 is 0 Å². The second-order valence-corrected chi connectivity index (χ2v) is 8.62. The molecule has 0 spiro atoms. The summed E-state index contributed by atoms with van der Waals surface area (Å²) in [6, 6.07) is -0.188. The minimum absolute atomic E-state index is 0.0140. The summed E-state index contributed by atoms with van der Waals surface area (Å²) >= 11 is 0. The Morgan fingerprint density at radius 2 is 1.68 bits per heavy atom. The maximum atomic E-state index is 12.8. The van der Waals surface area contributed by atoms with Crippen molar-refractivity contribution in [1.82, 2.24) is 15.5 Å². The van der Waals surface area contributed by atoms with Gasteiger partial charge in [-0.2, -0.15) is 0 Å². The van der Waals surface area contributed by atoms with Gasteiger partial charge in [-0.25, -0.2) is 0 Å². The normalized spacial score (nSPS) is 20.1. The molecule has 28 heavy (non-hydrogen) atoms. The van der Waals surface area contributed by atoms with Gasteiger partial charge in [0.05, 0.1) is 0 Å². The molecule has 0 bridgehead atoms. The lowest BCUT2D eigenvalue weighted by Crippen LogP contribution is -2.51. The molecule has 1 heterocycles. The van der Waals surface area contributed by atoms with E-state index in [4.69, 9.17) is 0 Å². The lowest BCUT2D eigenvalue weighted by molar-refractivity contribution is -0.132. The van der Waals surface area contributed by atoms with E-state index in [2.05, 4.69) is 22.6 Å². The number of ketones is 1. The molecule has 2 aliphatic rings. The molecule has 2 fully saturated rings. The van der Waals surface area contributed by atoms with Crippen LogP contribution in [0.4, 0.5) is 0 Å². The first kappa shape index (κ1) is 22.9. The van der Waals surface area contributed by atoms with Crippen LogP contribution in [-0.2, 0) is 14.4 Å². The van der Waals surface area contributed by atoms with Gasteiger partial charge in [-0.3, -0.25) is 14.4 Å². The summed E-state index contributed by atoms with van der Waals surface area (Å²) in [6.45, 7) is 3.76. The molecule has 1 saturated heterocycles. The highest BCUT2D eigenvalue weighted by Gasteiger charge is 2.29. The zero-order valence-corrected chi connectivity index (χ0v) is 17.8. The SMILES string of the molecule is CCC(=O)CCCCCC(NC(=O)C1CCN(C)CC1)C(=O)NC1CCCC1. The number of nitrogens with one attached hydrogen (secondary N) is 2. The lowest BCUT2D eigenvalue weighted by atomic mass is 9.95. The molecule has 1 saturated carbocycles. The van der Waals surface area contributed by atoms with Gasteiger partial charge in [-0.15, -0.1) is 0 Å². The molecule has 0 aromatic carbocycles. The average Bonchev–Trinajstić information content (AvgIpc) is 3.19. The maximum absolute atomic E-state index is 12.8. The molecule has 1 atom stereocenters. The third kappa shape index (κ3) is 7.90. The topological polar surface area (TPSA) is 78.5 Å². The number of amides is 2. The third-order valence-electron chi connectivity index (χ3n) is 6.27. The van der Waals surface area contributed by atoms with Crippen LogP contribution in [0, 0.1) is 5.92 Å². The van der Waals surface area contributed by atoms with Crippen molar-refractivity contribution in [2.75, 3.05) is 20.1 Å². The average molecular weight is 394 g/mol. The van der Waals surface area contributed by atoms with Gasteiger partial charge in [-0.05, 0) is 58.7 Å². The summed E-state index contributed by atoms with van der Waals surface area (Å²) in [6.07, 6.45) is 10.7. The number of Topliss-reactive ketones (excluding diaryl/α,β-unsaturated/α-hetero) is 1. The van der Waals surface area contributed by atoms with Crippen molar-refractivity contribution in [3.05, 3.63) is 0 Å². The van der Waals surface area contributed by atoms with Crippen LogP contribution in [0.2, 0.25) is 0 Å². The molecule has 2 rings (SSSR count). The minimum Gasteiger partial charge on any atom is -0.352 e. The van der Waals surface area contributed by atoms with Crippen LogP contribution in [0.25, 0.3) is 0 Å². The molecular formula is C22H39N3O3. The molecule has 1 unspecified atom stereocenters. The van der Waals surface area contributed by atoms with Crippen LogP contribution in [0.3, 0.4) is 0 Å². The number of carbonyl (C=O) groups is 3. The quantitative estimate of drug-likeness (QED) is 0.529. The monoisotopic (exact) mass is 393 g/mol. The van der Waals surface area contributed by atoms with Crippen molar-refractivity contribution in [1.29, 1.82) is 0 Å². The van der Waals surface area contributed by atoms with Crippen LogP contribution in [0.15, 0.2) is 0 Å². The highest BCUT2D eigenvalue weighted by atomic mass is 16.2. The van der Waals surface area contributed by atoms with E-state index < -0.39 is 6.04 Å². The molecule has 0 radical (unpaired) electrons. The Bertz CT molecular complexity index is 509. The van der Waals surface area contributed by atoms with Crippen molar-refractivity contribution >= 4 is 17.6 Å². The number of nitrogens with zero attached hydrogens (tertiary/aromatic N) is 1. The predicted octanol–water partition coefficient (Wildman–Crippen LogP) is 2.80. The minimum atomic E-state index is -0.449. The van der Waals surface area contributed by atoms with Gasteiger partial charge in [0.1, 0.15) is 11.8 Å². The number of hydrogen-bond acceptors (Lipinski definition) is 4. The van der Waals surface area contributed by atoms with E-state index >= 15 is 0 Å². The van der Waals surface area contributed by atoms with Crippen LogP contribution in [0.1, 0.15) is 84.0 Å². The zero-order valence-electron chi connectivity index (χ0n) is 17.8. The van der Waals surface area contributed by atoms with Gasteiger partial charge in [-0.1, -0.05) is 32.6 Å². The third-order valence-corrected chi connectivity index (χ3v) is 6.27. The first-order valence-corrected chi connectivity index (χ1v) is 11.3. The Balaban J connectivity index is 1.82. The zero-order chi connectivity index (χ0) is 20.4. The summed E-state index contributed by atoms with van der Waals surface area (Å²) in [5.74, 6) is 0.310. The standard InChI is InChI=1S/C22H39N3O3/c1-3-19(26)11-5-4-6-12-20(22(28)23-18-9-7-8-10-18)24-21(27)17-13-15-25(2)16-14-17/h17-18,20H,3-16H2,1-2H3,(H,23,28)(H,24,27). The number of carbonyl (C=O) groups excluding carboxylic acids is 3. The summed E-state index contributed by atoms with van der Waals surface area (Å²) in [7, 11) is 2.08. The Hall–Kier alpha value is -1.43. The van der Waals surface area contributed by atoms with Crippen molar-refractivity contribution in [3.63, 3.8) is 0 Å². The number of likely N-dealkylation sites (tertiary alicyclic amines) is 1. The van der Waals surface area contributed by atoms with E-state index in [9.17, 15) is 14.4 Å². The van der Waals surface area contributed by atoms with Gasteiger partial charge in [0.25, 0.3) is 0 Å². The van der Waals surface area contributed by atoms with E-state index in [0.717, 1.165) is 58.0 Å². The smallest absolute Gasteiger partial charge is 0.242 e. The fraction of sp³-hybridized carbons (Fsp3) is 0.864. The first-order chi connectivity index (χ1) is 13.5. The summed E-state index contributed by atoms with van der Waals surface area (Å²) in [4.78, 5) is 39.2. The van der Waals surface area contributed by atoms with Crippen LogP contribution < -0.4 is 10.6 Å². The number of hydrogen-bond donors (Lipinski definition) is 2. The van der Waals surface area contributed by atoms with Gasteiger partial charge in [0, 0.05) is 24.8 Å². The number of unbranched alkanes of at least 4 members (excludes halogenated alkanes) is 2. The molecule has 2 N–H and O–H groups in total. The van der Waals surface area contributed by atoms with Crippen molar-refractivity contribution in [3.8, 4) is 0 Å². The summed E-state index contributed by atoms with van der Waals surface area (Å²) in [5.41, 5.74) is 0. The number of rotatable bonds is 11. The Labute approximate surface area is 170 Å². The Morgan fingerprint density at radius 3 is 2.32 bits per heavy atom. The Morgan fingerprint density at radius 1 is 1.00 bits per heavy atom. The van der Waals surface area contributed by atoms with E-state index in [1.54, 1.807) is 0 Å². The van der Waals surface area contributed by atoms with Gasteiger partial charge < -0.3 is 15.5 Å². The molecule has 2 amide bonds. The summed E-state index contributed by atoms with van der Waals surface area (Å²) < 4.78 is 0. The number of piperidine rings is 1. The van der Waals surface area contributed by atoms with E-state index in [0.29, 0.717) is 25.0 Å². The molecule has 1 aliphatic heterocycles. The fourth-order valence-corrected chi connectivity index (χ4v) is 4.23. The van der Waals surface area contributed by atoms with Crippen LogP contribution in [-0.4, -0.2) is 54.7 Å². The van der Waals surface area contributed by atoms with E-state index in [1.807, 2.05) is 6.92 Å². The fourth-order valence-electron chi connectivity index (χ4n) is 4.23. The Kier molecular flexibility index (Phi) is 9.96. The maximum Gasteiger partial charge on any atom is 0.242 e. The lowest BCUT2D eigenvalue weighted by Gasteiger charge is -2.29. The molecule has 160 valence electrons. The largest absolute Gasteiger partial charge is 0.352 e. The van der Waals surface area contributed by atoms with Gasteiger partial charge in [0.15, 0.2) is 0 Å². The first-order valence-electron chi connectivity index (χ1n) is 11.3. The molecular weight excluding hydrogens is 354 g/mol. The second-order valence-electron chi connectivity index (χ2n) is 8.62. The van der Waals surface area contributed by atoms with Crippen molar-refractivity contribution in [2.24, 2.45) is 5.92 Å². The molecule has 1 aliphatic carbocycles.